The van der Waals surface area contributed by atoms with Crippen molar-refractivity contribution in [3.8, 4) is 5.75 Å². The number of aliphatic hydroxyl groups is 1. The second-order valence-electron chi connectivity index (χ2n) is 6.10. The molecule has 0 heterocycles. The summed E-state index contributed by atoms with van der Waals surface area (Å²) in [6.07, 6.45) is 2.25. The standard InChI is InChI=1S/C16H25NO2/c1-12(2)13-5-6-15(19-4)14(9-13)17(3)10-16(11-18)7-8-16/h5-6,9,12,18H,7-8,10-11H2,1-4H3. The number of anilines is 1. The molecule has 1 aliphatic rings. The fraction of sp³-hybridized carbons (Fsp3) is 0.625. The Kier molecular flexibility index (Phi) is 4.04. The zero-order valence-corrected chi connectivity index (χ0v) is 12.4. The summed E-state index contributed by atoms with van der Waals surface area (Å²) in [6, 6.07) is 6.37. The summed E-state index contributed by atoms with van der Waals surface area (Å²) in [5.74, 6) is 1.41. The van der Waals surface area contributed by atoms with Crippen LogP contribution in [0.3, 0.4) is 0 Å². The third-order valence-electron chi connectivity index (χ3n) is 4.15. The average Bonchev–Trinajstić information content (AvgIpc) is 3.18. The summed E-state index contributed by atoms with van der Waals surface area (Å²) in [4.78, 5) is 2.22. The van der Waals surface area contributed by atoms with E-state index in [0.717, 1.165) is 30.8 Å². The van der Waals surface area contributed by atoms with Gasteiger partial charge >= 0.3 is 0 Å². The summed E-state index contributed by atoms with van der Waals surface area (Å²) < 4.78 is 5.47. The maximum absolute atomic E-state index is 9.46. The van der Waals surface area contributed by atoms with E-state index >= 15 is 0 Å². The lowest BCUT2D eigenvalue weighted by molar-refractivity contribution is 0.215. The number of aliphatic hydroxyl groups excluding tert-OH is 1. The Morgan fingerprint density at radius 1 is 1.37 bits per heavy atom. The van der Waals surface area contributed by atoms with Crippen molar-refractivity contribution in [2.45, 2.75) is 32.6 Å². The van der Waals surface area contributed by atoms with E-state index in [2.05, 4.69) is 37.9 Å². The largest absolute Gasteiger partial charge is 0.495 e. The molecule has 2 rings (SSSR count). The van der Waals surface area contributed by atoms with Gasteiger partial charge in [-0.15, -0.1) is 0 Å². The molecule has 0 unspecified atom stereocenters. The molecule has 0 bridgehead atoms. The quantitative estimate of drug-likeness (QED) is 0.856. The predicted molar refractivity (Wildman–Crippen MR) is 79.1 cm³/mol. The fourth-order valence-electron chi connectivity index (χ4n) is 2.50. The number of rotatable bonds is 6. The molecule has 0 radical (unpaired) electrons. The van der Waals surface area contributed by atoms with Crippen LogP contribution in [0.2, 0.25) is 0 Å². The fourth-order valence-corrected chi connectivity index (χ4v) is 2.50. The van der Waals surface area contributed by atoms with E-state index in [0.29, 0.717) is 5.92 Å². The predicted octanol–water partition coefficient (Wildman–Crippen LogP) is 3.03. The first kappa shape index (κ1) is 14.2. The molecule has 1 aliphatic carbocycles. The van der Waals surface area contributed by atoms with E-state index in [1.54, 1.807) is 7.11 Å². The highest BCUT2D eigenvalue weighted by atomic mass is 16.5. The molecule has 0 aliphatic heterocycles. The van der Waals surface area contributed by atoms with Crippen molar-refractivity contribution in [2.75, 3.05) is 32.2 Å². The van der Waals surface area contributed by atoms with Gasteiger partial charge in [-0.1, -0.05) is 19.9 Å². The summed E-state index contributed by atoms with van der Waals surface area (Å²) in [5.41, 5.74) is 2.55. The molecule has 19 heavy (non-hydrogen) atoms. The summed E-state index contributed by atoms with van der Waals surface area (Å²) in [7, 11) is 3.79. The Morgan fingerprint density at radius 2 is 2.05 bits per heavy atom. The first-order chi connectivity index (χ1) is 9.01. The van der Waals surface area contributed by atoms with Crippen molar-refractivity contribution in [1.82, 2.24) is 0 Å². The third-order valence-corrected chi connectivity index (χ3v) is 4.15. The van der Waals surface area contributed by atoms with Crippen LogP contribution in [0.15, 0.2) is 18.2 Å². The van der Waals surface area contributed by atoms with Crippen LogP contribution in [-0.4, -0.2) is 32.4 Å². The molecule has 1 aromatic carbocycles. The number of methoxy groups -OCH3 is 1. The Balaban J connectivity index is 2.23. The summed E-state index contributed by atoms with van der Waals surface area (Å²) in [5, 5.41) is 9.46. The van der Waals surface area contributed by atoms with E-state index in [1.807, 2.05) is 6.07 Å². The highest BCUT2D eigenvalue weighted by Crippen LogP contribution is 2.46. The van der Waals surface area contributed by atoms with Crippen LogP contribution in [-0.2, 0) is 0 Å². The Morgan fingerprint density at radius 3 is 2.53 bits per heavy atom. The molecular formula is C16H25NO2. The van der Waals surface area contributed by atoms with Crippen LogP contribution < -0.4 is 9.64 Å². The highest BCUT2D eigenvalue weighted by Gasteiger charge is 2.43. The van der Waals surface area contributed by atoms with Crippen LogP contribution in [0, 0.1) is 5.41 Å². The van der Waals surface area contributed by atoms with Gasteiger partial charge < -0.3 is 14.7 Å². The zero-order valence-electron chi connectivity index (χ0n) is 12.4. The molecular weight excluding hydrogens is 238 g/mol. The number of nitrogens with zero attached hydrogens (tertiary/aromatic N) is 1. The van der Waals surface area contributed by atoms with Crippen molar-refractivity contribution >= 4 is 5.69 Å². The van der Waals surface area contributed by atoms with Crippen LogP contribution in [0.1, 0.15) is 38.2 Å². The minimum Gasteiger partial charge on any atom is -0.495 e. The Labute approximate surface area is 116 Å². The second-order valence-corrected chi connectivity index (χ2v) is 6.10. The van der Waals surface area contributed by atoms with Crippen LogP contribution >= 0.6 is 0 Å². The second kappa shape index (κ2) is 5.41. The molecule has 1 fully saturated rings. The van der Waals surface area contributed by atoms with Gasteiger partial charge in [0.2, 0.25) is 0 Å². The monoisotopic (exact) mass is 263 g/mol. The number of benzene rings is 1. The first-order valence-corrected chi connectivity index (χ1v) is 7.01. The Hall–Kier alpha value is -1.22. The molecule has 0 amide bonds. The van der Waals surface area contributed by atoms with Crippen molar-refractivity contribution in [3.63, 3.8) is 0 Å². The van der Waals surface area contributed by atoms with Crippen LogP contribution in [0.5, 0.6) is 5.75 Å². The maximum Gasteiger partial charge on any atom is 0.142 e. The lowest BCUT2D eigenvalue weighted by Crippen LogP contribution is -2.29. The van der Waals surface area contributed by atoms with E-state index in [-0.39, 0.29) is 12.0 Å². The maximum atomic E-state index is 9.46. The Bertz CT molecular complexity index is 438. The number of ether oxygens (including phenoxy) is 1. The van der Waals surface area contributed by atoms with E-state index in [9.17, 15) is 5.11 Å². The molecule has 3 heteroatoms. The lowest BCUT2D eigenvalue weighted by Gasteiger charge is -2.26. The number of hydrogen-bond acceptors (Lipinski definition) is 3. The highest BCUT2D eigenvalue weighted by molar-refractivity contribution is 5.60. The van der Waals surface area contributed by atoms with Crippen molar-refractivity contribution in [3.05, 3.63) is 23.8 Å². The van der Waals surface area contributed by atoms with Gasteiger partial charge in [-0.25, -0.2) is 0 Å². The van der Waals surface area contributed by atoms with Gasteiger partial charge in [0.05, 0.1) is 19.4 Å². The SMILES string of the molecule is COc1ccc(C(C)C)cc1N(C)CC1(CO)CC1. The molecule has 0 aromatic heterocycles. The minimum absolute atomic E-state index is 0.119. The van der Waals surface area contributed by atoms with Crippen molar-refractivity contribution < 1.29 is 9.84 Å². The molecule has 0 atom stereocenters. The summed E-state index contributed by atoms with van der Waals surface area (Å²) in [6.45, 7) is 5.56. The molecule has 1 N–H and O–H groups in total. The summed E-state index contributed by atoms with van der Waals surface area (Å²) >= 11 is 0. The van der Waals surface area contributed by atoms with Crippen LogP contribution in [0.4, 0.5) is 5.69 Å². The van der Waals surface area contributed by atoms with E-state index in [4.69, 9.17) is 4.74 Å². The molecule has 0 saturated heterocycles. The molecule has 0 spiro atoms. The van der Waals surface area contributed by atoms with Crippen molar-refractivity contribution in [1.29, 1.82) is 0 Å². The first-order valence-electron chi connectivity index (χ1n) is 7.01. The molecule has 106 valence electrons. The van der Waals surface area contributed by atoms with Gasteiger partial charge in [0.1, 0.15) is 5.75 Å². The van der Waals surface area contributed by atoms with Crippen molar-refractivity contribution in [2.24, 2.45) is 5.41 Å². The normalized spacial score (nSPS) is 16.5. The van der Waals surface area contributed by atoms with Gasteiger partial charge in [-0.2, -0.15) is 0 Å². The lowest BCUT2D eigenvalue weighted by atomic mass is 10.0. The molecule has 1 saturated carbocycles. The van der Waals surface area contributed by atoms with Gasteiger partial charge in [0.25, 0.3) is 0 Å². The number of hydrogen-bond donors (Lipinski definition) is 1. The molecule has 3 nitrogen and oxygen atoms in total. The zero-order chi connectivity index (χ0) is 14.0. The van der Waals surface area contributed by atoms with Crippen LogP contribution in [0.25, 0.3) is 0 Å². The van der Waals surface area contributed by atoms with Gasteiger partial charge in [-0.3, -0.25) is 0 Å². The smallest absolute Gasteiger partial charge is 0.142 e. The van der Waals surface area contributed by atoms with E-state index < -0.39 is 0 Å². The van der Waals surface area contributed by atoms with Gasteiger partial charge in [0, 0.05) is 19.0 Å². The van der Waals surface area contributed by atoms with E-state index in [1.165, 1.54) is 5.56 Å². The topological polar surface area (TPSA) is 32.7 Å². The van der Waals surface area contributed by atoms with Gasteiger partial charge in [0.15, 0.2) is 0 Å². The third kappa shape index (κ3) is 3.03. The van der Waals surface area contributed by atoms with Gasteiger partial charge in [-0.05, 0) is 36.5 Å². The molecule has 1 aromatic rings. The minimum atomic E-state index is 0.119. The average molecular weight is 263 g/mol.